The van der Waals surface area contributed by atoms with Crippen molar-refractivity contribution >= 4 is 0 Å². The molecule has 0 bridgehead atoms. The van der Waals surface area contributed by atoms with Gasteiger partial charge in [-0.1, -0.05) is 0 Å². The smallest absolute Gasteiger partial charge is 0.870 e. The SMILES string of the molecule is [Co+2].[Nb+5].[OH-].[OH-].[OH-].[OH-].[OH-].[OH-].[OH-].[OH-].[OH-].[OH-].[OH-].[OH-].[OH-].[OH-].[OH-].[OH-].[Ta+5].[W]. The first-order chi connectivity index (χ1) is 0. The molecule has 0 aromatic heterocycles. The molecule has 141 valence electrons. The zero-order valence-corrected chi connectivity index (χ0v) is 18.2. The second kappa shape index (κ2) is 2040. The van der Waals surface area contributed by atoms with Crippen molar-refractivity contribution in [2.24, 2.45) is 0 Å². The van der Waals surface area contributed by atoms with E-state index in [9.17, 15) is 0 Å². The molecule has 0 fully saturated rings. The first-order valence-corrected chi connectivity index (χ1v) is 0. The monoisotopic (exact) mass is 789 g/mol. The fourth-order valence-corrected chi connectivity index (χ4v) is 0. The van der Waals surface area contributed by atoms with Crippen LogP contribution in [0.3, 0.4) is 0 Å². The second-order valence-electron chi connectivity index (χ2n) is 0. The van der Waals surface area contributed by atoms with E-state index in [-0.39, 0.29) is 170 Å². The van der Waals surface area contributed by atoms with Crippen LogP contribution in [0.4, 0.5) is 0 Å². The van der Waals surface area contributed by atoms with E-state index in [0.717, 1.165) is 0 Å². The van der Waals surface area contributed by atoms with Crippen LogP contribution in [-0.4, -0.2) is 87.6 Å². The zero-order valence-electron chi connectivity index (χ0n) is 8.79. The minimum atomic E-state index is 0. The third-order valence-electron chi connectivity index (χ3n) is 0. The molecule has 0 aliphatic carbocycles. The van der Waals surface area contributed by atoms with Crippen molar-refractivity contribution in [3.8, 4) is 0 Å². The molecule has 0 unspecified atom stereocenters. The third kappa shape index (κ3) is 1750. The molecule has 0 aromatic carbocycles. The van der Waals surface area contributed by atoms with Gasteiger partial charge in [0.15, 0.2) is 0 Å². The molecule has 20 heteroatoms. The number of rotatable bonds is 0. The molecule has 0 saturated heterocycles. The Morgan fingerprint density at radius 3 is 0.250 bits per heavy atom. The molecule has 0 aliphatic rings. The van der Waals surface area contributed by atoms with Gasteiger partial charge in [-0.25, -0.2) is 0 Å². The predicted molar refractivity (Wildman–Crippen MR) is 31.0 cm³/mol. The van der Waals surface area contributed by atoms with Gasteiger partial charge in [-0.15, -0.1) is 0 Å². The summed E-state index contributed by atoms with van der Waals surface area (Å²) < 4.78 is 0. The quantitative estimate of drug-likeness (QED) is 0.223. The van der Waals surface area contributed by atoms with E-state index in [1.165, 1.54) is 0 Å². The van der Waals surface area contributed by atoms with Crippen molar-refractivity contribution < 1.29 is 170 Å². The molecule has 0 aliphatic heterocycles. The summed E-state index contributed by atoms with van der Waals surface area (Å²) in [5.41, 5.74) is 0. The average Bonchev–Trinajstić information content (AvgIpc) is 0. The largest absolute Gasteiger partial charge is 5.00 e. The van der Waals surface area contributed by atoms with Gasteiger partial charge in [-0.2, -0.15) is 0 Å². The van der Waals surface area contributed by atoms with Gasteiger partial charge in [0.25, 0.3) is 0 Å². The van der Waals surface area contributed by atoms with Crippen molar-refractivity contribution in [1.29, 1.82) is 0 Å². The molecule has 0 rings (SSSR count). The predicted octanol–water partition coefficient (Wildman–Crippen LogP) is -2.84. The number of hydrogen-bond acceptors (Lipinski definition) is 16. The number of hydrogen-bond donors (Lipinski definition) is 0. The molecule has 16 N–H and O–H groups in total. The fourth-order valence-electron chi connectivity index (χ4n) is 0. The third-order valence-corrected chi connectivity index (χ3v) is 0. The average molecular weight is 789 g/mol. The van der Waals surface area contributed by atoms with E-state index < -0.39 is 0 Å². The van der Waals surface area contributed by atoms with Gasteiger partial charge >= 0.3 is 61.5 Å². The summed E-state index contributed by atoms with van der Waals surface area (Å²) in [5.74, 6) is 0. The van der Waals surface area contributed by atoms with Crippen LogP contribution < -0.4 is 0 Å². The maximum Gasteiger partial charge on any atom is 5.00 e. The van der Waals surface area contributed by atoms with E-state index in [1.807, 2.05) is 0 Å². The minimum absolute atomic E-state index is 0. The summed E-state index contributed by atoms with van der Waals surface area (Å²) in [6.07, 6.45) is 0. The molecule has 0 saturated carbocycles. The Morgan fingerprint density at radius 1 is 0.250 bits per heavy atom. The van der Waals surface area contributed by atoms with Gasteiger partial charge in [0.1, 0.15) is 0 Å². The van der Waals surface area contributed by atoms with Crippen molar-refractivity contribution in [3.05, 3.63) is 0 Å². The van der Waals surface area contributed by atoms with Crippen LogP contribution in [0.5, 0.6) is 0 Å². The Balaban J connectivity index is 0. The topological polar surface area (TPSA) is 480 Å². The standard InChI is InChI=1S/Co.Nb.16H2O.Ta.W/h;;16*1H2;;/q+2;+5;;;;;;;;;;;;;;;;;+5;/p-16. The van der Waals surface area contributed by atoms with Gasteiger partial charge in [-0.05, 0) is 0 Å². The van der Waals surface area contributed by atoms with E-state index in [2.05, 4.69) is 0 Å². The summed E-state index contributed by atoms with van der Waals surface area (Å²) in [6.45, 7) is 0. The molecule has 1 radical (unpaired) electrons. The van der Waals surface area contributed by atoms with Crippen molar-refractivity contribution in [3.63, 3.8) is 0 Å². The van der Waals surface area contributed by atoms with Crippen molar-refractivity contribution in [2.45, 2.75) is 0 Å². The van der Waals surface area contributed by atoms with Crippen LogP contribution in [0, 0.1) is 0 Å². The van der Waals surface area contributed by atoms with Crippen LogP contribution in [0.1, 0.15) is 0 Å². The van der Waals surface area contributed by atoms with E-state index >= 15 is 0 Å². The first kappa shape index (κ1) is 2350. The minimum Gasteiger partial charge on any atom is -0.870 e. The van der Waals surface area contributed by atoms with E-state index in [1.54, 1.807) is 0 Å². The summed E-state index contributed by atoms with van der Waals surface area (Å²) in [5, 5.41) is 0. The van der Waals surface area contributed by atoms with Gasteiger partial charge < -0.3 is 87.6 Å². The van der Waals surface area contributed by atoms with Crippen molar-refractivity contribution in [2.75, 3.05) is 0 Å². The van der Waals surface area contributed by atoms with Gasteiger partial charge in [-0.3, -0.25) is 0 Å². The zero-order chi connectivity index (χ0) is 0. The van der Waals surface area contributed by atoms with Gasteiger partial charge in [0.2, 0.25) is 0 Å². The Hall–Kier alpha value is 2.04. The molecular formula is H16CoNbO16TaW-4. The normalized spacial score (nSPS) is 0. The maximum atomic E-state index is 0. The summed E-state index contributed by atoms with van der Waals surface area (Å²) in [6, 6.07) is 0. The van der Waals surface area contributed by atoms with Crippen LogP contribution >= 0.6 is 0 Å². The summed E-state index contributed by atoms with van der Waals surface area (Å²) in [7, 11) is 0. The Morgan fingerprint density at radius 2 is 0.250 bits per heavy atom. The molecule has 20 heavy (non-hydrogen) atoms. The van der Waals surface area contributed by atoms with Crippen LogP contribution in [-0.2, 0) is 82.6 Å². The van der Waals surface area contributed by atoms with Gasteiger partial charge in [0.05, 0.1) is 0 Å². The Bertz CT molecular complexity index is 22.4. The molecule has 0 heterocycles. The van der Waals surface area contributed by atoms with E-state index in [4.69, 9.17) is 0 Å². The van der Waals surface area contributed by atoms with Crippen LogP contribution in [0.15, 0.2) is 0 Å². The Kier molecular flexibility index (Phi) is 240000. The second-order valence-corrected chi connectivity index (χ2v) is 0. The summed E-state index contributed by atoms with van der Waals surface area (Å²) in [4.78, 5) is 0. The Labute approximate surface area is 169 Å². The first-order valence-electron chi connectivity index (χ1n) is 0. The maximum absolute atomic E-state index is 0. The van der Waals surface area contributed by atoms with Crippen LogP contribution in [0.2, 0.25) is 0 Å². The van der Waals surface area contributed by atoms with Crippen LogP contribution in [0.25, 0.3) is 0 Å². The molecule has 0 amide bonds. The molecule has 16 nitrogen and oxygen atoms in total. The molecule has 0 aromatic rings. The molecule has 0 atom stereocenters. The van der Waals surface area contributed by atoms with E-state index in [0.29, 0.717) is 0 Å². The fraction of sp³-hybridized carbons (Fsp3) is 0. The van der Waals surface area contributed by atoms with Gasteiger partial charge in [0, 0.05) is 21.1 Å². The molecular weight excluding hydrogens is 773 g/mol. The van der Waals surface area contributed by atoms with Crippen molar-refractivity contribution in [1.82, 2.24) is 0 Å². The molecule has 0 spiro atoms. The summed E-state index contributed by atoms with van der Waals surface area (Å²) >= 11 is 0.